The van der Waals surface area contributed by atoms with Crippen LogP contribution in [0.1, 0.15) is 32.3 Å². The molecule has 2 aromatic carbocycles. The quantitative estimate of drug-likeness (QED) is 0.752. The van der Waals surface area contributed by atoms with Crippen molar-refractivity contribution in [1.82, 2.24) is 0 Å². The first-order chi connectivity index (χ1) is 11.4. The largest absolute Gasteiger partial charge is 0.495 e. The summed E-state index contributed by atoms with van der Waals surface area (Å²) < 4.78 is 10.8. The molecule has 0 radical (unpaired) electrons. The highest BCUT2D eigenvalue weighted by atomic mass is 35.5. The first-order valence-electron chi connectivity index (χ1n) is 7.91. The molecule has 0 spiro atoms. The molecule has 136 valence electrons. The molecule has 1 unspecified atom stereocenters. The van der Waals surface area contributed by atoms with Gasteiger partial charge in [-0.3, -0.25) is 4.79 Å². The molecule has 0 heterocycles. The van der Waals surface area contributed by atoms with Gasteiger partial charge < -0.3 is 20.5 Å². The van der Waals surface area contributed by atoms with Gasteiger partial charge in [0, 0.05) is 5.69 Å². The van der Waals surface area contributed by atoms with Crippen molar-refractivity contribution in [3.63, 3.8) is 0 Å². The lowest BCUT2D eigenvalue weighted by atomic mass is 10.0. The van der Waals surface area contributed by atoms with Crippen LogP contribution in [0.4, 0.5) is 11.4 Å². The summed E-state index contributed by atoms with van der Waals surface area (Å²) in [7, 11) is 1.55. The molecule has 2 rings (SSSR count). The Morgan fingerprint density at radius 3 is 2.44 bits per heavy atom. The molecule has 0 fully saturated rings. The van der Waals surface area contributed by atoms with E-state index >= 15 is 0 Å². The highest BCUT2D eigenvalue weighted by molar-refractivity contribution is 5.94. The Kier molecular flexibility index (Phi) is 7.58. The van der Waals surface area contributed by atoms with E-state index in [9.17, 15) is 4.79 Å². The Morgan fingerprint density at radius 2 is 1.84 bits per heavy atom. The second-order valence-electron chi connectivity index (χ2n) is 5.93. The van der Waals surface area contributed by atoms with Crippen molar-refractivity contribution < 1.29 is 14.3 Å². The minimum Gasteiger partial charge on any atom is -0.495 e. The van der Waals surface area contributed by atoms with Gasteiger partial charge in [-0.15, -0.1) is 12.4 Å². The van der Waals surface area contributed by atoms with Crippen LogP contribution in [0.15, 0.2) is 42.5 Å². The predicted octanol–water partition coefficient (Wildman–Crippen LogP) is 4.23. The zero-order chi connectivity index (χ0) is 17.7. The first-order valence-corrected chi connectivity index (χ1v) is 7.91. The fourth-order valence-electron chi connectivity index (χ4n) is 2.26. The van der Waals surface area contributed by atoms with E-state index in [1.807, 2.05) is 24.3 Å². The predicted molar refractivity (Wildman–Crippen MR) is 104 cm³/mol. The number of ether oxygens (including phenoxy) is 2. The van der Waals surface area contributed by atoms with Crippen LogP contribution in [-0.2, 0) is 4.79 Å². The topological polar surface area (TPSA) is 73.6 Å². The molecule has 25 heavy (non-hydrogen) atoms. The van der Waals surface area contributed by atoms with E-state index < -0.39 is 6.10 Å². The molecule has 0 aromatic heterocycles. The number of nitrogen functional groups attached to an aromatic ring is 1. The second kappa shape index (κ2) is 9.18. The SMILES string of the molecule is COc1ccc(NC(=O)C(C)Oc2cccc(C(C)C)c2)cc1N.Cl. The van der Waals surface area contributed by atoms with Gasteiger partial charge in [0.05, 0.1) is 12.8 Å². The normalized spacial score (nSPS) is 11.4. The van der Waals surface area contributed by atoms with Crippen LogP contribution in [0.2, 0.25) is 0 Å². The third kappa shape index (κ3) is 5.57. The number of halogens is 1. The smallest absolute Gasteiger partial charge is 0.265 e. The van der Waals surface area contributed by atoms with Crippen molar-refractivity contribution in [2.45, 2.75) is 32.8 Å². The molecule has 0 aliphatic rings. The van der Waals surface area contributed by atoms with E-state index in [2.05, 4.69) is 19.2 Å². The molecule has 0 aliphatic heterocycles. The minimum atomic E-state index is -0.629. The Hall–Kier alpha value is -2.40. The summed E-state index contributed by atoms with van der Waals surface area (Å²) in [5.74, 6) is 1.41. The summed E-state index contributed by atoms with van der Waals surface area (Å²) in [6.45, 7) is 5.94. The van der Waals surface area contributed by atoms with Crippen LogP contribution in [-0.4, -0.2) is 19.1 Å². The average Bonchev–Trinajstić information content (AvgIpc) is 2.55. The standard InChI is InChI=1S/C19H24N2O3.ClH/c1-12(2)14-6-5-7-16(10-14)24-13(3)19(22)21-15-8-9-18(23-4)17(20)11-15;/h5-13H,20H2,1-4H3,(H,21,22);1H. The summed E-state index contributed by atoms with van der Waals surface area (Å²) in [5, 5.41) is 2.79. The van der Waals surface area contributed by atoms with Crippen molar-refractivity contribution in [3.8, 4) is 11.5 Å². The molecule has 0 aliphatic carbocycles. The Bertz CT molecular complexity index is 720. The number of amides is 1. The van der Waals surface area contributed by atoms with Crippen molar-refractivity contribution in [3.05, 3.63) is 48.0 Å². The Morgan fingerprint density at radius 1 is 1.12 bits per heavy atom. The maximum absolute atomic E-state index is 12.3. The van der Waals surface area contributed by atoms with Gasteiger partial charge in [0.25, 0.3) is 5.91 Å². The van der Waals surface area contributed by atoms with Gasteiger partial charge in [-0.25, -0.2) is 0 Å². The van der Waals surface area contributed by atoms with Crippen LogP contribution >= 0.6 is 12.4 Å². The summed E-state index contributed by atoms with van der Waals surface area (Å²) in [6.07, 6.45) is -0.629. The van der Waals surface area contributed by atoms with Crippen molar-refractivity contribution >= 4 is 29.7 Å². The van der Waals surface area contributed by atoms with Crippen LogP contribution in [0, 0.1) is 0 Å². The maximum atomic E-state index is 12.3. The molecule has 2 aromatic rings. The fourth-order valence-corrected chi connectivity index (χ4v) is 2.26. The van der Waals surface area contributed by atoms with Crippen LogP contribution in [0.3, 0.4) is 0 Å². The van der Waals surface area contributed by atoms with Gasteiger partial charge in [-0.1, -0.05) is 26.0 Å². The first kappa shape index (κ1) is 20.6. The zero-order valence-electron chi connectivity index (χ0n) is 14.9. The van der Waals surface area contributed by atoms with E-state index in [4.69, 9.17) is 15.2 Å². The van der Waals surface area contributed by atoms with Crippen LogP contribution in [0.25, 0.3) is 0 Å². The van der Waals surface area contributed by atoms with Crippen LogP contribution in [0.5, 0.6) is 11.5 Å². The number of hydrogen-bond acceptors (Lipinski definition) is 4. The lowest BCUT2D eigenvalue weighted by molar-refractivity contribution is -0.122. The zero-order valence-corrected chi connectivity index (χ0v) is 15.7. The van der Waals surface area contributed by atoms with E-state index in [0.717, 1.165) is 0 Å². The second-order valence-corrected chi connectivity index (χ2v) is 5.93. The van der Waals surface area contributed by atoms with Crippen molar-refractivity contribution in [2.75, 3.05) is 18.2 Å². The summed E-state index contributed by atoms with van der Waals surface area (Å²) in [6, 6.07) is 12.9. The number of anilines is 2. The maximum Gasteiger partial charge on any atom is 0.265 e. The number of carbonyl (C=O) groups is 1. The molecule has 1 atom stereocenters. The van der Waals surface area contributed by atoms with Crippen LogP contribution < -0.4 is 20.5 Å². The summed E-state index contributed by atoms with van der Waals surface area (Å²) >= 11 is 0. The average molecular weight is 365 g/mol. The van der Waals surface area contributed by atoms with E-state index in [1.54, 1.807) is 32.2 Å². The Labute approximate surface area is 154 Å². The molecular weight excluding hydrogens is 340 g/mol. The summed E-state index contributed by atoms with van der Waals surface area (Å²) in [4.78, 5) is 12.3. The number of nitrogens with two attached hydrogens (primary N) is 1. The lowest BCUT2D eigenvalue weighted by Gasteiger charge is -2.16. The monoisotopic (exact) mass is 364 g/mol. The molecular formula is C19H25ClN2O3. The van der Waals surface area contributed by atoms with E-state index in [-0.39, 0.29) is 18.3 Å². The number of carbonyl (C=O) groups excluding carboxylic acids is 1. The molecule has 5 nitrogen and oxygen atoms in total. The highest BCUT2D eigenvalue weighted by Crippen LogP contribution is 2.25. The molecule has 3 N–H and O–H groups in total. The van der Waals surface area contributed by atoms with Gasteiger partial charge in [0.15, 0.2) is 6.10 Å². The van der Waals surface area contributed by atoms with E-state index in [1.165, 1.54) is 5.56 Å². The molecule has 1 amide bonds. The third-order valence-electron chi connectivity index (χ3n) is 3.70. The number of nitrogens with one attached hydrogen (secondary N) is 1. The fraction of sp³-hybridized carbons (Fsp3) is 0.316. The number of hydrogen-bond donors (Lipinski definition) is 2. The Balaban J connectivity index is 0.00000312. The summed E-state index contributed by atoms with van der Waals surface area (Å²) in [5.41, 5.74) is 8.08. The molecule has 0 saturated carbocycles. The van der Waals surface area contributed by atoms with Gasteiger partial charge in [0.2, 0.25) is 0 Å². The van der Waals surface area contributed by atoms with Gasteiger partial charge in [-0.05, 0) is 48.7 Å². The minimum absolute atomic E-state index is 0. The molecule has 0 saturated heterocycles. The van der Waals surface area contributed by atoms with Gasteiger partial charge in [0.1, 0.15) is 11.5 Å². The third-order valence-corrected chi connectivity index (χ3v) is 3.70. The molecule has 6 heteroatoms. The van der Waals surface area contributed by atoms with Gasteiger partial charge >= 0.3 is 0 Å². The van der Waals surface area contributed by atoms with Crippen molar-refractivity contribution in [2.24, 2.45) is 0 Å². The van der Waals surface area contributed by atoms with E-state index in [0.29, 0.717) is 28.8 Å². The highest BCUT2D eigenvalue weighted by Gasteiger charge is 2.16. The molecule has 0 bridgehead atoms. The number of methoxy groups -OCH3 is 1. The lowest BCUT2D eigenvalue weighted by Crippen LogP contribution is -2.30. The van der Waals surface area contributed by atoms with Gasteiger partial charge in [-0.2, -0.15) is 0 Å². The van der Waals surface area contributed by atoms with Crippen molar-refractivity contribution in [1.29, 1.82) is 0 Å². The number of rotatable bonds is 6. The number of benzene rings is 2.